The van der Waals surface area contributed by atoms with E-state index >= 15 is 0 Å². The topological polar surface area (TPSA) is 49.8 Å². The number of benzene rings is 1. The maximum Gasteiger partial charge on any atom is 0.303 e. The molecular formula is C27H41NO3. The van der Waals surface area contributed by atoms with Crippen molar-refractivity contribution in [3.8, 4) is 5.75 Å². The highest BCUT2D eigenvalue weighted by Crippen LogP contribution is 2.34. The molecule has 172 valence electrons. The molecular weight excluding hydrogens is 386 g/mol. The van der Waals surface area contributed by atoms with Crippen LogP contribution >= 0.6 is 0 Å². The van der Waals surface area contributed by atoms with Gasteiger partial charge in [-0.2, -0.15) is 0 Å². The molecule has 1 N–H and O–H groups in total. The Labute approximate surface area is 189 Å². The van der Waals surface area contributed by atoms with E-state index in [1.807, 2.05) is 0 Å². The fourth-order valence-corrected chi connectivity index (χ4v) is 4.56. The standard InChI is InChI=1S/C27H41NO3/c1-5-26(22(4)20-21(2)3)28(23-12-8-6-9-13-23)24-15-17-25(18-16-24)31-19-11-7-10-14-27(29)30/h5,15-18,20,22-23H,6-14,19H2,1-4H3,(H,29,30)/b26-5+/t22-/m0/s1. The van der Waals surface area contributed by atoms with E-state index in [9.17, 15) is 4.79 Å². The zero-order valence-electron chi connectivity index (χ0n) is 19.9. The van der Waals surface area contributed by atoms with E-state index in [0.717, 1.165) is 18.6 Å². The van der Waals surface area contributed by atoms with E-state index in [4.69, 9.17) is 9.84 Å². The minimum Gasteiger partial charge on any atom is -0.494 e. The molecule has 0 bridgehead atoms. The SMILES string of the molecule is C/C=C(\[C@@H](C)C=C(C)C)N(c1ccc(OCCCCCC(=O)O)cc1)C1CCCCC1. The molecule has 31 heavy (non-hydrogen) atoms. The van der Waals surface area contributed by atoms with Crippen LogP contribution in [0.5, 0.6) is 5.75 Å². The fourth-order valence-electron chi connectivity index (χ4n) is 4.56. The van der Waals surface area contributed by atoms with Crippen molar-refractivity contribution in [2.45, 2.75) is 91.5 Å². The summed E-state index contributed by atoms with van der Waals surface area (Å²) in [6, 6.07) is 9.07. The molecule has 0 heterocycles. The van der Waals surface area contributed by atoms with E-state index < -0.39 is 5.97 Å². The summed E-state index contributed by atoms with van der Waals surface area (Å²) in [7, 11) is 0. The molecule has 4 nitrogen and oxygen atoms in total. The highest BCUT2D eigenvalue weighted by Gasteiger charge is 2.26. The van der Waals surface area contributed by atoms with Crippen molar-refractivity contribution < 1.29 is 14.6 Å². The Kier molecular flexibility index (Phi) is 10.7. The highest BCUT2D eigenvalue weighted by atomic mass is 16.5. The maximum atomic E-state index is 10.6. The van der Waals surface area contributed by atoms with Gasteiger partial charge < -0.3 is 14.7 Å². The van der Waals surface area contributed by atoms with Gasteiger partial charge in [-0.05, 0) is 77.1 Å². The molecule has 2 rings (SSSR count). The molecule has 1 aliphatic carbocycles. The second-order valence-corrected chi connectivity index (χ2v) is 8.95. The lowest BCUT2D eigenvalue weighted by Gasteiger charge is -2.39. The van der Waals surface area contributed by atoms with E-state index in [-0.39, 0.29) is 6.42 Å². The Morgan fingerprint density at radius 3 is 2.39 bits per heavy atom. The molecule has 0 spiro atoms. The Bertz CT molecular complexity index is 725. The van der Waals surface area contributed by atoms with Gasteiger partial charge in [0.25, 0.3) is 0 Å². The third kappa shape index (κ3) is 8.43. The first-order valence-electron chi connectivity index (χ1n) is 12.0. The molecule has 1 fully saturated rings. The zero-order chi connectivity index (χ0) is 22.6. The predicted octanol–water partition coefficient (Wildman–Crippen LogP) is 7.36. The first-order valence-corrected chi connectivity index (χ1v) is 12.0. The summed E-state index contributed by atoms with van der Waals surface area (Å²) in [5.41, 5.74) is 3.96. The number of hydrogen-bond acceptors (Lipinski definition) is 3. The summed E-state index contributed by atoms with van der Waals surface area (Å²) in [6.07, 6.45) is 13.8. The van der Waals surface area contributed by atoms with E-state index in [1.54, 1.807) is 0 Å². The van der Waals surface area contributed by atoms with Gasteiger partial charge in [0.15, 0.2) is 0 Å². The summed E-state index contributed by atoms with van der Waals surface area (Å²) < 4.78 is 5.89. The number of nitrogens with zero attached hydrogens (tertiary/aromatic N) is 1. The molecule has 0 aromatic heterocycles. The average molecular weight is 428 g/mol. The van der Waals surface area contributed by atoms with Gasteiger partial charge in [-0.15, -0.1) is 0 Å². The van der Waals surface area contributed by atoms with Crippen LogP contribution < -0.4 is 9.64 Å². The van der Waals surface area contributed by atoms with Gasteiger partial charge in [-0.3, -0.25) is 4.79 Å². The van der Waals surface area contributed by atoms with E-state index in [0.29, 0.717) is 25.0 Å². The maximum absolute atomic E-state index is 10.6. The van der Waals surface area contributed by atoms with Crippen LogP contribution in [0.15, 0.2) is 47.7 Å². The summed E-state index contributed by atoms with van der Waals surface area (Å²) in [5, 5.41) is 8.70. The molecule has 1 aliphatic rings. The first-order chi connectivity index (χ1) is 14.9. The van der Waals surface area contributed by atoms with Crippen LogP contribution in [0, 0.1) is 5.92 Å². The van der Waals surface area contributed by atoms with Crippen LogP contribution in [-0.4, -0.2) is 23.7 Å². The highest BCUT2D eigenvalue weighted by molar-refractivity contribution is 5.66. The van der Waals surface area contributed by atoms with Gasteiger partial charge in [0.05, 0.1) is 6.61 Å². The average Bonchev–Trinajstić information content (AvgIpc) is 2.74. The summed E-state index contributed by atoms with van der Waals surface area (Å²) >= 11 is 0. The van der Waals surface area contributed by atoms with Crippen molar-refractivity contribution >= 4 is 11.7 Å². The molecule has 0 unspecified atom stereocenters. The van der Waals surface area contributed by atoms with Crippen molar-refractivity contribution in [1.82, 2.24) is 0 Å². The third-order valence-electron chi connectivity index (χ3n) is 5.98. The molecule has 0 amide bonds. The number of rotatable bonds is 12. The number of carbonyl (C=O) groups is 1. The fraction of sp³-hybridized carbons (Fsp3) is 0.593. The number of carboxylic acid groups (broad SMARTS) is 1. The van der Waals surface area contributed by atoms with E-state index in [2.05, 4.69) is 69.0 Å². The van der Waals surface area contributed by atoms with Gasteiger partial charge in [-0.1, -0.05) is 43.9 Å². The molecule has 0 aliphatic heterocycles. The lowest BCUT2D eigenvalue weighted by Crippen LogP contribution is -2.38. The first kappa shape index (κ1) is 25.0. The van der Waals surface area contributed by atoms with Crippen LogP contribution in [0.2, 0.25) is 0 Å². The summed E-state index contributed by atoms with van der Waals surface area (Å²) in [4.78, 5) is 13.1. The van der Waals surface area contributed by atoms with Crippen molar-refractivity contribution in [2.75, 3.05) is 11.5 Å². The second-order valence-electron chi connectivity index (χ2n) is 8.95. The summed E-state index contributed by atoms with van der Waals surface area (Å²) in [5.74, 6) is 0.530. The van der Waals surface area contributed by atoms with Crippen LogP contribution in [0.1, 0.15) is 85.5 Å². The van der Waals surface area contributed by atoms with Gasteiger partial charge in [0, 0.05) is 29.8 Å². The van der Waals surface area contributed by atoms with Gasteiger partial charge in [-0.25, -0.2) is 0 Å². The Morgan fingerprint density at radius 2 is 1.81 bits per heavy atom. The lowest BCUT2D eigenvalue weighted by atomic mass is 9.91. The minimum absolute atomic E-state index is 0.240. The number of ether oxygens (including phenoxy) is 1. The molecule has 1 aromatic carbocycles. The van der Waals surface area contributed by atoms with Crippen molar-refractivity contribution in [3.05, 3.63) is 47.7 Å². The minimum atomic E-state index is -0.724. The Hall–Kier alpha value is -2.23. The normalized spacial score (nSPS) is 15.9. The van der Waals surface area contributed by atoms with Crippen molar-refractivity contribution in [1.29, 1.82) is 0 Å². The molecule has 4 heteroatoms. The smallest absolute Gasteiger partial charge is 0.303 e. The molecule has 1 saturated carbocycles. The van der Waals surface area contributed by atoms with Crippen LogP contribution in [0.3, 0.4) is 0 Å². The van der Waals surface area contributed by atoms with E-state index in [1.165, 1.54) is 49.1 Å². The number of unbranched alkanes of at least 4 members (excludes halogenated alkanes) is 2. The predicted molar refractivity (Wildman–Crippen MR) is 130 cm³/mol. The third-order valence-corrected chi connectivity index (χ3v) is 5.98. The number of hydrogen-bond donors (Lipinski definition) is 1. The Balaban J connectivity index is 2.07. The molecule has 0 saturated heterocycles. The number of carboxylic acids is 1. The van der Waals surface area contributed by atoms with Gasteiger partial charge >= 0.3 is 5.97 Å². The summed E-state index contributed by atoms with van der Waals surface area (Å²) in [6.45, 7) is 9.41. The molecule has 1 aromatic rings. The van der Waals surface area contributed by atoms with Crippen molar-refractivity contribution in [2.24, 2.45) is 5.92 Å². The van der Waals surface area contributed by atoms with Crippen LogP contribution in [0.4, 0.5) is 5.69 Å². The van der Waals surface area contributed by atoms with Crippen LogP contribution in [0.25, 0.3) is 0 Å². The number of anilines is 1. The van der Waals surface area contributed by atoms with Crippen molar-refractivity contribution in [3.63, 3.8) is 0 Å². The Morgan fingerprint density at radius 1 is 1.13 bits per heavy atom. The molecule has 1 atom stereocenters. The van der Waals surface area contributed by atoms with Gasteiger partial charge in [0.1, 0.15) is 5.75 Å². The number of aliphatic carboxylic acids is 1. The van der Waals surface area contributed by atoms with Gasteiger partial charge in [0.2, 0.25) is 0 Å². The monoisotopic (exact) mass is 427 g/mol. The lowest BCUT2D eigenvalue weighted by molar-refractivity contribution is -0.137. The largest absolute Gasteiger partial charge is 0.494 e. The quantitative estimate of drug-likeness (QED) is 0.280. The number of allylic oxidation sites excluding steroid dienone is 3. The zero-order valence-corrected chi connectivity index (χ0v) is 19.9. The second kappa shape index (κ2) is 13.2. The molecule has 0 radical (unpaired) electrons. The van der Waals surface area contributed by atoms with Crippen LogP contribution in [-0.2, 0) is 4.79 Å².